The van der Waals surface area contributed by atoms with Gasteiger partial charge in [-0.25, -0.2) is 12.8 Å². The van der Waals surface area contributed by atoms with Crippen molar-refractivity contribution in [1.29, 1.82) is 0 Å². The first-order valence-electron chi connectivity index (χ1n) is 9.30. The van der Waals surface area contributed by atoms with Gasteiger partial charge < -0.3 is 9.64 Å². The predicted molar refractivity (Wildman–Crippen MR) is 106 cm³/mol. The Hall–Kier alpha value is -2.41. The second-order valence-electron chi connectivity index (χ2n) is 7.15. The third-order valence-electron chi connectivity index (χ3n) is 4.75. The lowest BCUT2D eigenvalue weighted by atomic mass is 10.1. The molecule has 7 heteroatoms. The van der Waals surface area contributed by atoms with Gasteiger partial charge in [-0.15, -0.1) is 0 Å². The van der Waals surface area contributed by atoms with Gasteiger partial charge in [0.2, 0.25) is 0 Å². The Labute approximate surface area is 165 Å². The standard InChI is InChI=1S/C21H24FNO4S/c1-15(2)27-17-9-7-16(8-10-17)21(24)23-12-11-20(28(25,26)14-13-23)18-5-3-4-6-19(18)22/h3-10,15,20H,11-14H2,1-2H3. The number of benzene rings is 2. The average Bonchev–Trinajstić information content (AvgIpc) is 2.80. The van der Waals surface area contributed by atoms with E-state index in [0.717, 1.165) is 0 Å². The van der Waals surface area contributed by atoms with Crippen LogP contribution in [-0.4, -0.2) is 44.2 Å². The lowest BCUT2D eigenvalue weighted by Gasteiger charge is -2.20. The van der Waals surface area contributed by atoms with Crippen LogP contribution in [0.5, 0.6) is 5.75 Å². The molecule has 1 aliphatic rings. The van der Waals surface area contributed by atoms with Crippen molar-refractivity contribution in [2.24, 2.45) is 0 Å². The van der Waals surface area contributed by atoms with E-state index in [1.54, 1.807) is 30.3 Å². The van der Waals surface area contributed by atoms with Gasteiger partial charge in [0.25, 0.3) is 5.91 Å². The summed E-state index contributed by atoms with van der Waals surface area (Å²) in [4.78, 5) is 14.3. The first-order chi connectivity index (χ1) is 13.3. The van der Waals surface area contributed by atoms with Crippen LogP contribution >= 0.6 is 0 Å². The normalized spacial score (nSPS) is 19.3. The van der Waals surface area contributed by atoms with Crippen molar-refractivity contribution in [1.82, 2.24) is 4.90 Å². The number of sulfone groups is 1. The first-order valence-corrected chi connectivity index (χ1v) is 11.0. The zero-order valence-corrected chi connectivity index (χ0v) is 16.8. The molecule has 1 atom stereocenters. The molecule has 0 aliphatic carbocycles. The van der Waals surface area contributed by atoms with E-state index in [4.69, 9.17) is 4.74 Å². The van der Waals surface area contributed by atoms with Crippen molar-refractivity contribution in [3.8, 4) is 5.75 Å². The maximum Gasteiger partial charge on any atom is 0.253 e. The van der Waals surface area contributed by atoms with E-state index in [9.17, 15) is 17.6 Å². The van der Waals surface area contributed by atoms with E-state index >= 15 is 0 Å². The second kappa shape index (κ2) is 8.31. The fourth-order valence-corrected chi connectivity index (χ4v) is 5.17. The zero-order valence-electron chi connectivity index (χ0n) is 16.0. The van der Waals surface area contributed by atoms with Crippen molar-refractivity contribution in [3.05, 3.63) is 65.5 Å². The third-order valence-corrected chi connectivity index (χ3v) is 6.86. The maximum absolute atomic E-state index is 14.1. The highest BCUT2D eigenvalue weighted by molar-refractivity contribution is 7.91. The fraction of sp³-hybridized carbons (Fsp3) is 0.381. The van der Waals surface area contributed by atoms with Crippen LogP contribution in [0.3, 0.4) is 0 Å². The summed E-state index contributed by atoms with van der Waals surface area (Å²) in [5.74, 6) is -0.284. The van der Waals surface area contributed by atoms with E-state index in [1.165, 1.54) is 23.1 Å². The maximum atomic E-state index is 14.1. The zero-order chi connectivity index (χ0) is 20.3. The number of carbonyl (C=O) groups excluding carboxylic acids is 1. The summed E-state index contributed by atoms with van der Waals surface area (Å²) >= 11 is 0. The van der Waals surface area contributed by atoms with E-state index in [-0.39, 0.29) is 42.8 Å². The van der Waals surface area contributed by atoms with Crippen LogP contribution in [0.15, 0.2) is 48.5 Å². The summed E-state index contributed by atoms with van der Waals surface area (Å²) in [6, 6.07) is 12.7. The highest BCUT2D eigenvalue weighted by atomic mass is 32.2. The molecule has 0 aromatic heterocycles. The Kier molecular flexibility index (Phi) is 6.03. The van der Waals surface area contributed by atoms with E-state index < -0.39 is 20.9 Å². The Morgan fingerprint density at radius 2 is 1.79 bits per heavy atom. The number of nitrogens with zero attached hydrogens (tertiary/aromatic N) is 1. The highest BCUT2D eigenvalue weighted by Gasteiger charge is 2.34. The van der Waals surface area contributed by atoms with Crippen molar-refractivity contribution < 1.29 is 22.3 Å². The molecular formula is C21H24FNO4S. The van der Waals surface area contributed by atoms with Crippen molar-refractivity contribution >= 4 is 15.7 Å². The Balaban J connectivity index is 1.77. The van der Waals surface area contributed by atoms with E-state index in [1.807, 2.05) is 13.8 Å². The van der Waals surface area contributed by atoms with Gasteiger partial charge in [0.15, 0.2) is 9.84 Å². The topological polar surface area (TPSA) is 63.7 Å². The highest BCUT2D eigenvalue weighted by Crippen LogP contribution is 2.31. The van der Waals surface area contributed by atoms with Gasteiger partial charge in [-0.2, -0.15) is 0 Å². The second-order valence-corrected chi connectivity index (χ2v) is 9.45. The molecular weight excluding hydrogens is 381 g/mol. The molecule has 1 saturated heterocycles. The van der Waals surface area contributed by atoms with E-state index in [0.29, 0.717) is 11.3 Å². The van der Waals surface area contributed by atoms with Crippen LogP contribution in [0.1, 0.15) is 41.4 Å². The van der Waals surface area contributed by atoms with Gasteiger partial charge in [-0.3, -0.25) is 4.79 Å². The minimum atomic E-state index is -3.56. The van der Waals surface area contributed by atoms with Crippen molar-refractivity contribution in [3.63, 3.8) is 0 Å². The fourth-order valence-electron chi connectivity index (χ4n) is 3.36. The molecule has 0 bridgehead atoms. The molecule has 5 nitrogen and oxygen atoms in total. The molecule has 0 spiro atoms. The van der Waals surface area contributed by atoms with Gasteiger partial charge in [0, 0.05) is 24.2 Å². The quantitative estimate of drug-likeness (QED) is 0.780. The molecule has 0 radical (unpaired) electrons. The van der Waals surface area contributed by atoms with Gasteiger partial charge in [-0.05, 0) is 50.6 Å². The van der Waals surface area contributed by atoms with Crippen LogP contribution < -0.4 is 4.74 Å². The molecule has 1 heterocycles. The van der Waals surface area contributed by atoms with Crippen LogP contribution in [0.4, 0.5) is 4.39 Å². The smallest absolute Gasteiger partial charge is 0.253 e. The molecule has 2 aromatic rings. The van der Waals surface area contributed by atoms with Crippen molar-refractivity contribution in [2.75, 3.05) is 18.8 Å². The Morgan fingerprint density at radius 1 is 1.11 bits per heavy atom. The van der Waals surface area contributed by atoms with Gasteiger partial charge >= 0.3 is 0 Å². The summed E-state index contributed by atoms with van der Waals surface area (Å²) in [6.45, 7) is 4.18. The number of halogens is 1. The number of hydrogen-bond donors (Lipinski definition) is 0. The summed E-state index contributed by atoms with van der Waals surface area (Å²) in [7, 11) is -3.56. The molecule has 2 aromatic carbocycles. The third kappa shape index (κ3) is 4.52. The monoisotopic (exact) mass is 405 g/mol. The summed E-state index contributed by atoms with van der Waals surface area (Å²) in [6.07, 6.45) is 0.205. The summed E-state index contributed by atoms with van der Waals surface area (Å²) < 4.78 is 45.1. The lowest BCUT2D eigenvalue weighted by molar-refractivity contribution is 0.0766. The molecule has 150 valence electrons. The molecule has 28 heavy (non-hydrogen) atoms. The molecule has 1 fully saturated rings. The van der Waals surface area contributed by atoms with Crippen LogP contribution in [0.2, 0.25) is 0 Å². The first kappa shape index (κ1) is 20.3. The average molecular weight is 405 g/mol. The Morgan fingerprint density at radius 3 is 2.43 bits per heavy atom. The van der Waals surface area contributed by atoms with Crippen LogP contribution in [-0.2, 0) is 9.84 Å². The van der Waals surface area contributed by atoms with Gasteiger partial charge in [0.05, 0.1) is 17.1 Å². The van der Waals surface area contributed by atoms with Crippen LogP contribution in [0, 0.1) is 5.82 Å². The lowest BCUT2D eigenvalue weighted by Crippen LogP contribution is -2.33. The molecule has 1 amide bonds. The van der Waals surface area contributed by atoms with Gasteiger partial charge in [-0.1, -0.05) is 18.2 Å². The molecule has 3 rings (SSSR count). The number of ether oxygens (including phenoxy) is 1. The molecule has 1 unspecified atom stereocenters. The molecule has 0 saturated carbocycles. The number of rotatable bonds is 4. The summed E-state index contributed by atoms with van der Waals surface area (Å²) in [5.41, 5.74) is 0.643. The largest absolute Gasteiger partial charge is 0.491 e. The minimum Gasteiger partial charge on any atom is -0.491 e. The predicted octanol–water partition coefficient (Wildman–Crippen LogP) is 3.61. The number of hydrogen-bond acceptors (Lipinski definition) is 4. The van der Waals surface area contributed by atoms with Gasteiger partial charge in [0.1, 0.15) is 11.6 Å². The number of amides is 1. The van der Waals surface area contributed by atoms with Crippen molar-refractivity contribution in [2.45, 2.75) is 31.6 Å². The molecule has 0 N–H and O–H groups in total. The SMILES string of the molecule is CC(C)Oc1ccc(C(=O)N2CCC(c3ccccc3F)S(=O)(=O)CC2)cc1. The summed E-state index contributed by atoms with van der Waals surface area (Å²) in [5, 5.41) is -0.937. The minimum absolute atomic E-state index is 0.0349. The Bertz CT molecular complexity index is 941. The van der Waals surface area contributed by atoms with Crippen LogP contribution in [0.25, 0.3) is 0 Å². The van der Waals surface area contributed by atoms with E-state index in [2.05, 4.69) is 0 Å². The molecule has 1 aliphatic heterocycles. The number of carbonyl (C=O) groups is 1.